The Hall–Kier alpha value is -3.81. The Morgan fingerprint density at radius 2 is 1.55 bits per heavy atom. The molecule has 0 aromatic carbocycles. The number of hydrogen-bond donors (Lipinski definition) is 0. The van der Waals surface area contributed by atoms with Crippen LogP contribution in [-0.2, 0) is 19.6 Å². The number of aromatic nitrogens is 4. The number of allylic oxidation sites excluding steroid dienone is 2. The lowest BCUT2D eigenvalue weighted by Gasteiger charge is -2.20. The Morgan fingerprint density at radius 3 is 2.10 bits per heavy atom. The van der Waals surface area contributed by atoms with E-state index < -0.39 is 0 Å². The van der Waals surface area contributed by atoms with Gasteiger partial charge in [-0.05, 0) is 81.4 Å². The number of unbranched alkanes of at least 4 members (excludes halogenated alkanes) is 1. The molecule has 0 saturated carbocycles. The molecule has 0 fully saturated rings. The van der Waals surface area contributed by atoms with Crippen LogP contribution in [0.15, 0.2) is 58.5 Å². The quantitative estimate of drug-likeness (QED) is 0.230. The molecule has 8 nitrogen and oxygen atoms in total. The Balaban J connectivity index is 0.000000330. The second-order valence-corrected chi connectivity index (χ2v) is 10.5. The summed E-state index contributed by atoms with van der Waals surface area (Å²) in [5.41, 5.74) is 5.17. The van der Waals surface area contributed by atoms with Gasteiger partial charge < -0.3 is 4.90 Å². The maximum absolute atomic E-state index is 12.8. The summed E-state index contributed by atoms with van der Waals surface area (Å²) in [6.45, 7) is 16.4. The minimum absolute atomic E-state index is 0.0366. The van der Waals surface area contributed by atoms with Crippen molar-refractivity contribution in [3.8, 4) is 0 Å². The van der Waals surface area contributed by atoms with E-state index in [0.717, 1.165) is 55.3 Å². The molecule has 0 radical (unpaired) electrons. The highest BCUT2D eigenvalue weighted by Gasteiger charge is 2.16. The molecule has 42 heavy (non-hydrogen) atoms. The lowest BCUT2D eigenvalue weighted by molar-refractivity contribution is 0.0746. The van der Waals surface area contributed by atoms with Gasteiger partial charge in [0.15, 0.2) is 0 Å². The second-order valence-electron chi connectivity index (χ2n) is 10.5. The zero-order valence-corrected chi connectivity index (χ0v) is 26.7. The topological polar surface area (TPSA) is 90.1 Å². The van der Waals surface area contributed by atoms with Crippen LogP contribution in [0.1, 0.15) is 106 Å². The van der Waals surface area contributed by atoms with Crippen molar-refractivity contribution in [3.05, 3.63) is 97.8 Å². The van der Waals surface area contributed by atoms with Crippen molar-refractivity contribution < 1.29 is 4.79 Å². The average Bonchev–Trinajstić information content (AvgIpc) is 3.02. The number of carbonyl (C=O) groups is 1. The van der Waals surface area contributed by atoms with Gasteiger partial charge in [0.2, 0.25) is 0 Å². The van der Waals surface area contributed by atoms with Crippen LogP contribution in [0.4, 0.5) is 0 Å². The van der Waals surface area contributed by atoms with Gasteiger partial charge in [0, 0.05) is 56.0 Å². The molecule has 3 aromatic heterocycles. The van der Waals surface area contributed by atoms with Gasteiger partial charge in [-0.25, -0.2) is 4.79 Å². The third kappa shape index (κ3) is 9.36. The fourth-order valence-electron chi connectivity index (χ4n) is 4.70. The van der Waals surface area contributed by atoms with Gasteiger partial charge >= 0.3 is 5.69 Å². The fraction of sp³-hybridized carbons (Fsp3) is 0.500. The minimum atomic E-state index is -0.170. The summed E-state index contributed by atoms with van der Waals surface area (Å²) in [5, 5.41) is 0. The smallest absolute Gasteiger partial charge is 0.331 e. The number of hydrogen-bond acceptors (Lipinski definition) is 5. The average molecular weight is 576 g/mol. The molecule has 0 aliphatic rings. The van der Waals surface area contributed by atoms with E-state index in [4.69, 9.17) is 0 Å². The van der Waals surface area contributed by atoms with Crippen LogP contribution in [0.25, 0.3) is 5.57 Å². The Labute approximate surface area is 251 Å². The molecule has 0 saturated heterocycles. The van der Waals surface area contributed by atoms with Crippen molar-refractivity contribution in [1.82, 2.24) is 24.0 Å². The van der Waals surface area contributed by atoms with E-state index in [0.29, 0.717) is 37.4 Å². The molecule has 0 N–H and O–H groups in total. The summed E-state index contributed by atoms with van der Waals surface area (Å²) < 4.78 is 3.05. The van der Waals surface area contributed by atoms with Gasteiger partial charge in [-0.1, -0.05) is 52.7 Å². The number of nitrogens with zero attached hydrogens (tertiary/aromatic N) is 5. The largest absolute Gasteiger partial charge is 0.333 e. The molecular weight excluding hydrogens is 526 g/mol. The molecule has 0 aliphatic heterocycles. The molecule has 8 heteroatoms. The minimum Gasteiger partial charge on any atom is -0.333 e. The van der Waals surface area contributed by atoms with E-state index in [1.165, 1.54) is 10.1 Å². The van der Waals surface area contributed by atoms with Crippen LogP contribution in [0.2, 0.25) is 0 Å². The fourth-order valence-corrected chi connectivity index (χ4v) is 4.70. The summed E-state index contributed by atoms with van der Waals surface area (Å²) >= 11 is 0. The van der Waals surface area contributed by atoms with Gasteiger partial charge in [-0.3, -0.25) is 28.7 Å². The first kappa shape index (κ1) is 34.4. The number of rotatable bonds is 13. The highest BCUT2D eigenvalue weighted by Crippen LogP contribution is 2.21. The van der Waals surface area contributed by atoms with E-state index >= 15 is 0 Å². The monoisotopic (exact) mass is 575 g/mol. The van der Waals surface area contributed by atoms with Crippen molar-refractivity contribution in [3.63, 3.8) is 0 Å². The first-order chi connectivity index (χ1) is 20.2. The van der Waals surface area contributed by atoms with Gasteiger partial charge in [-0.2, -0.15) is 0 Å². The maximum Gasteiger partial charge on any atom is 0.331 e. The third-order valence-electron chi connectivity index (χ3n) is 7.21. The first-order valence-electron chi connectivity index (χ1n) is 15.4. The van der Waals surface area contributed by atoms with Crippen LogP contribution < -0.4 is 11.2 Å². The van der Waals surface area contributed by atoms with Gasteiger partial charge in [0.05, 0.1) is 0 Å². The van der Waals surface area contributed by atoms with Crippen molar-refractivity contribution >= 4 is 11.5 Å². The molecule has 228 valence electrons. The molecule has 3 heterocycles. The van der Waals surface area contributed by atoms with E-state index in [-0.39, 0.29) is 17.2 Å². The number of carbonyl (C=O) groups excluding carboxylic acids is 1. The Bertz CT molecular complexity index is 1410. The van der Waals surface area contributed by atoms with Crippen molar-refractivity contribution in [2.24, 2.45) is 0 Å². The molecule has 0 atom stereocenters. The zero-order valence-electron chi connectivity index (χ0n) is 26.7. The molecule has 3 aromatic rings. The Kier molecular flexibility index (Phi) is 14.6. The maximum atomic E-state index is 12.8. The molecule has 0 unspecified atom stereocenters. The molecule has 0 aliphatic carbocycles. The number of amides is 1. The summed E-state index contributed by atoms with van der Waals surface area (Å²) in [7, 11) is 0. The van der Waals surface area contributed by atoms with Crippen LogP contribution in [-0.4, -0.2) is 36.5 Å². The zero-order chi connectivity index (χ0) is 31.1. The molecule has 1 amide bonds. The van der Waals surface area contributed by atoms with Gasteiger partial charge in [0.1, 0.15) is 5.69 Å². The summed E-state index contributed by atoms with van der Waals surface area (Å²) in [5.74, 6) is -0.0366. The summed E-state index contributed by atoms with van der Waals surface area (Å²) in [6, 6.07) is 7.74. The van der Waals surface area contributed by atoms with E-state index in [2.05, 4.69) is 29.9 Å². The van der Waals surface area contributed by atoms with E-state index in [1.54, 1.807) is 28.8 Å². The lowest BCUT2D eigenvalue weighted by Crippen LogP contribution is -2.42. The van der Waals surface area contributed by atoms with E-state index in [9.17, 15) is 14.4 Å². The number of pyridine rings is 2. The predicted molar refractivity (Wildman–Crippen MR) is 172 cm³/mol. The summed E-state index contributed by atoms with van der Waals surface area (Å²) in [4.78, 5) is 47.0. The van der Waals surface area contributed by atoms with Gasteiger partial charge in [-0.15, -0.1) is 0 Å². The van der Waals surface area contributed by atoms with E-state index in [1.807, 2.05) is 58.2 Å². The standard InChI is InChI=1S/C22H29N3O.C12H20N2O2/c1-4-7-9-19(8-5-2)20-10-11-21(24-16-20)22(26)25(6-3)17-18-12-14-23-15-13-18;1-5-7-13-10(4)9(3)11(15)14(8-6-2)12(13)16/h9-16H,4-8,17H2,1-3H3;5-8H2,1-4H3/b19-9-;. The van der Waals surface area contributed by atoms with Crippen LogP contribution >= 0.6 is 0 Å². The molecule has 0 spiro atoms. The molecule has 0 bridgehead atoms. The van der Waals surface area contributed by atoms with Crippen molar-refractivity contribution in [1.29, 1.82) is 0 Å². The lowest BCUT2D eigenvalue weighted by atomic mass is 10.0. The van der Waals surface area contributed by atoms with Gasteiger partial charge in [0.25, 0.3) is 11.5 Å². The highest BCUT2D eigenvalue weighted by atomic mass is 16.2. The third-order valence-corrected chi connectivity index (χ3v) is 7.21. The van der Waals surface area contributed by atoms with Crippen LogP contribution in [0.5, 0.6) is 0 Å². The first-order valence-corrected chi connectivity index (χ1v) is 15.4. The normalized spacial score (nSPS) is 11.2. The van der Waals surface area contributed by atoms with Crippen molar-refractivity contribution in [2.75, 3.05) is 6.54 Å². The molecule has 3 rings (SSSR count). The SMILES string of the molecule is CCC/C=C(/CCC)c1ccc(C(=O)N(CC)Cc2ccncc2)nc1.CCCn1c(C)c(C)c(=O)n(CCC)c1=O. The predicted octanol–water partition coefficient (Wildman–Crippen LogP) is 6.57. The Morgan fingerprint density at radius 1 is 0.881 bits per heavy atom. The van der Waals surface area contributed by atoms with Crippen LogP contribution in [0, 0.1) is 13.8 Å². The second kappa shape index (κ2) is 17.9. The highest BCUT2D eigenvalue weighted by molar-refractivity contribution is 5.92. The van der Waals surface area contributed by atoms with Crippen molar-refractivity contribution in [2.45, 2.75) is 107 Å². The molecular formula is C34H49N5O3. The van der Waals surface area contributed by atoms with Crippen LogP contribution in [0.3, 0.4) is 0 Å². The summed E-state index contributed by atoms with van der Waals surface area (Å²) in [6.07, 6.45) is 13.7.